The van der Waals surface area contributed by atoms with Crippen LogP contribution in [-0.2, 0) is 5.41 Å². The van der Waals surface area contributed by atoms with Crippen LogP contribution < -0.4 is 10.1 Å². The number of hydrogen-bond acceptors (Lipinski definition) is 2. The molecule has 0 aromatic heterocycles. The molecular weight excluding hydrogens is 222 g/mol. The van der Waals surface area contributed by atoms with Crippen molar-refractivity contribution in [2.24, 2.45) is 11.8 Å². The third kappa shape index (κ3) is 2.86. The van der Waals surface area contributed by atoms with Gasteiger partial charge in [0.25, 0.3) is 0 Å². The van der Waals surface area contributed by atoms with Gasteiger partial charge in [-0.25, -0.2) is 0 Å². The van der Waals surface area contributed by atoms with Crippen LogP contribution in [0.5, 0.6) is 5.75 Å². The van der Waals surface area contributed by atoms with Gasteiger partial charge in [0.1, 0.15) is 5.75 Å². The van der Waals surface area contributed by atoms with Crippen molar-refractivity contribution in [3.8, 4) is 5.75 Å². The van der Waals surface area contributed by atoms with Crippen LogP contribution in [0.25, 0.3) is 0 Å². The van der Waals surface area contributed by atoms with Crippen molar-refractivity contribution in [1.82, 2.24) is 5.32 Å². The molecule has 0 radical (unpaired) electrons. The molecule has 1 aromatic carbocycles. The van der Waals surface area contributed by atoms with E-state index < -0.39 is 0 Å². The van der Waals surface area contributed by atoms with Crippen molar-refractivity contribution in [2.45, 2.75) is 32.6 Å². The average Bonchev–Trinajstić information content (AvgIpc) is 3.01. The van der Waals surface area contributed by atoms with Gasteiger partial charge in [-0.1, -0.05) is 32.9 Å². The van der Waals surface area contributed by atoms with E-state index in [1.54, 1.807) is 7.11 Å². The van der Waals surface area contributed by atoms with Crippen molar-refractivity contribution >= 4 is 0 Å². The average molecular weight is 247 g/mol. The summed E-state index contributed by atoms with van der Waals surface area (Å²) in [7, 11) is 1.73. The summed E-state index contributed by atoms with van der Waals surface area (Å²) in [5, 5.41) is 3.57. The summed E-state index contributed by atoms with van der Waals surface area (Å²) in [6.07, 6.45) is 1.28. The summed E-state index contributed by atoms with van der Waals surface area (Å²) >= 11 is 0. The van der Waals surface area contributed by atoms with E-state index in [2.05, 4.69) is 44.3 Å². The molecule has 1 aliphatic carbocycles. The molecule has 1 N–H and O–H groups in total. The van der Waals surface area contributed by atoms with E-state index in [1.807, 2.05) is 6.07 Å². The maximum Gasteiger partial charge on any atom is 0.119 e. The molecule has 0 spiro atoms. The Balaban J connectivity index is 1.93. The molecule has 1 aliphatic rings. The molecule has 18 heavy (non-hydrogen) atoms. The zero-order chi connectivity index (χ0) is 13.2. The molecule has 0 amide bonds. The van der Waals surface area contributed by atoms with Gasteiger partial charge in [-0.2, -0.15) is 0 Å². The highest BCUT2D eigenvalue weighted by Crippen LogP contribution is 2.53. The molecule has 0 bridgehead atoms. The quantitative estimate of drug-likeness (QED) is 0.833. The van der Waals surface area contributed by atoms with E-state index in [0.29, 0.717) is 5.41 Å². The fourth-order valence-corrected chi connectivity index (χ4v) is 2.63. The molecule has 2 unspecified atom stereocenters. The standard InChI is InChI=1S/C16H25NO/c1-12(2)10-17-11-14-9-16(14,3)13-6-5-7-15(8-13)18-4/h5-8,12,14,17H,9-11H2,1-4H3. The molecule has 0 saturated heterocycles. The Kier molecular flexibility index (Phi) is 3.96. The third-order valence-corrected chi connectivity index (χ3v) is 4.08. The molecule has 100 valence electrons. The van der Waals surface area contributed by atoms with Crippen LogP contribution in [0.1, 0.15) is 32.8 Å². The van der Waals surface area contributed by atoms with Gasteiger partial charge in [0.2, 0.25) is 0 Å². The molecule has 2 rings (SSSR count). The number of methoxy groups -OCH3 is 1. The van der Waals surface area contributed by atoms with Crippen molar-refractivity contribution in [2.75, 3.05) is 20.2 Å². The largest absolute Gasteiger partial charge is 0.497 e. The Bertz CT molecular complexity index is 402. The highest BCUT2D eigenvalue weighted by molar-refractivity contribution is 5.38. The summed E-state index contributed by atoms with van der Waals surface area (Å²) in [6.45, 7) is 9.11. The lowest BCUT2D eigenvalue weighted by atomic mass is 9.95. The molecule has 1 fully saturated rings. The van der Waals surface area contributed by atoms with Crippen LogP contribution in [0.15, 0.2) is 24.3 Å². The molecule has 1 aromatic rings. The summed E-state index contributed by atoms with van der Waals surface area (Å²) in [5.74, 6) is 2.46. The summed E-state index contributed by atoms with van der Waals surface area (Å²) in [4.78, 5) is 0. The lowest BCUT2D eigenvalue weighted by molar-refractivity contribution is 0.413. The van der Waals surface area contributed by atoms with Gasteiger partial charge in [0.15, 0.2) is 0 Å². The van der Waals surface area contributed by atoms with Crippen LogP contribution in [-0.4, -0.2) is 20.2 Å². The number of rotatable bonds is 6. The van der Waals surface area contributed by atoms with Crippen LogP contribution >= 0.6 is 0 Å². The van der Waals surface area contributed by atoms with E-state index in [9.17, 15) is 0 Å². The minimum absolute atomic E-state index is 0.346. The van der Waals surface area contributed by atoms with Gasteiger partial charge < -0.3 is 10.1 Å². The summed E-state index contributed by atoms with van der Waals surface area (Å²) in [5.41, 5.74) is 1.76. The van der Waals surface area contributed by atoms with Gasteiger partial charge in [-0.15, -0.1) is 0 Å². The predicted octanol–water partition coefficient (Wildman–Crippen LogP) is 3.22. The Hall–Kier alpha value is -1.02. The van der Waals surface area contributed by atoms with Crippen LogP contribution in [0.3, 0.4) is 0 Å². The second kappa shape index (κ2) is 5.31. The van der Waals surface area contributed by atoms with E-state index >= 15 is 0 Å². The fourth-order valence-electron chi connectivity index (χ4n) is 2.63. The van der Waals surface area contributed by atoms with Crippen molar-refractivity contribution in [3.05, 3.63) is 29.8 Å². The maximum atomic E-state index is 5.31. The first-order valence-electron chi connectivity index (χ1n) is 6.91. The third-order valence-electron chi connectivity index (χ3n) is 4.08. The molecule has 0 aliphatic heterocycles. The molecular formula is C16H25NO. The van der Waals surface area contributed by atoms with Crippen LogP contribution in [0.2, 0.25) is 0 Å². The minimum Gasteiger partial charge on any atom is -0.497 e. The van der Waals surface area contributed by atoms with Crippen LogP contribution in [0, 0.1) is 11.8 Å². The topological polar surface area (TPSA) is 21.3 Å². The van der Waals surface area contributed by atoms with Gasteiger partial charge in [-0.3, -0.25) is 0 Å². The first-order valence-corrected chi connectivity index (χ1v) is 6.91. The highest BCUT2D eigenvalue weighted by atomic mass is 16.5. The maximum absolute atomic E-state index is 5.31. The summed E-state index contributed by atoms with van der Waals surface area (Å²) in [6, 6.07) is 8.52. The monoisotopic (exact) mass is 247 g/mol. The van der Waals surface area contributed by atoms with Crippen molar-refractivity contribution in [1.29, 1.82) is 0 Å². The Labute approximate surface area is 111 Å². The van der Waals surface area contributed by atoms with E-state index in [0.717, 1.165) is 30.7 Å². The molecule has 2 atom stereocenters. The number of nitrogens with one attached hydrogen (secondary N) is 1. The second-order valence-corrected chi connectivity index (χ2v) is 6.10. The van der Waals surface area contributed by atoms with Crippen molar-refractivity contribution < 1.29 is 4.74 Å². The van der Waals surface area contributed by atoms with Gasteiger partial charge in [0.05, 0.1) is 7.11 Å². The number of ether oxygens (including phenoxy) is 1. The van der Waals surface area contributed by atoms with E-state index in [4.69, 9.17) is 4.74 Å². The van der Waals surface area contributed by atoms with Crippen molar-refractivity contribution in [3.63, 3.8) is 0 Å². The number of benzene rings is 1. The zero-order valence-electron chi connectivity index (χ0n) is 12.0. The normalized spacial score (nSPS) is 26.4. The van der Waals surface area contributed by atoms with Gasteiger partial charge in [-0.05, 0) is 54.5 Å². The predicted molar refractivity (Wildman–Crippen MR) is 76.2 cm³/mol. The number of hydrogen-bond donors (Lipinski definition) is 1. The Morgan fingerprint density at radius 3 is 2.89 bits per heavy atom. The molecule has 0 heterocycles. The zero-order valence-corrected chi connectivity index (χ0v) is 12.0. The minimum atomic E-state index is 0.346. The first kappa shape index (κ1) is 13.4. The van der Waals surface area contributed by atoms with E-state index in [-0.39, 0.29) is 0 Å². The molecule has 2 heteroatoms. The van der Waals surface area contributed by atoms with Gasteiger partial charge >= 0.3 is 0 Å². The lowest BCUT2D eigenvalue weighted by Gasteiger charge is -2.14. The smallest absolute Gasteiger partial charge is 0.119 e. The second-order valence-electron chi connectivity index (χ2n) is 6.10. The fraction of sp³-hybridized carbons (Fsp3) is 0.625. The SMILES string of the molecule is COc1cccc(C2(C)CC2CNCC(C)C)c1. The summed E-state index contributed by atoms with van der Waals surface area (Å²) < 4.78 is 5.31. The van der Waals surface area contributed by atoms with E-state index in [1.165, 1.54) is 12.0 Å². The highest BCUT2D eigenvalue weighted by Gasteiger charge is 2.50. The van der Waals surface area contributed by atoms with Gasteiger partial charge in [0, 0.05) is 0 Å². The lowest BCUT2D eigenvalue weighted by Crippen LogP contribution is -2.24. The first-order chi connectivity index (χ1) is 8.56. The Morgan fingerprint density at radius 2 is 2.22 bits per heavy atom. The molecule has 1 saturated carbocycles. The molecule has 2 nitrogen and oxygen atoms in total. The van der Waals surface area contributed by atoms with Crippen LogP contribution in [0.4, 0.5) is 0 Å². The Morgan fingerprint density at radius 1 is 1.44 bits per heavy atom.